The van der Waals surface area contributed by atoms with Crippen molar-refractivity contribution in [1.82, 2.24) is 5.32 Å². The van der Waals surface area contributed by atoms with Gasteiger partial charge in [-0.25, -0.2) is 0 Å². The maximum atomic E-state index is 5.70. The van der Waals surface area contributed by atoms with Crippen LogP contribution in [0.1, 0.15) is 30.0 Å². The Bertz CT molecular complexity index is 373. The number of benzene rings is 1. The van der Waals surface area contributed by atoms with E-state index in [-0.39, 0.29) is 0 Å². The molecular formula is C14H19NO. The van der Waals surface area contributed by atoms with Gasteiger partial charge in [-0.3, -0.25) is 0 Å². The molecule has 1 aliphatic rings. The number of ether oxygens (including phenoxy) is 1. The third-order valence-electron chi connectivity index (χ3n) is 3.17. The summed E-state index contributed by atoms with van der Waals surface area (Å²) in [6, 6.07) is 6.82. The highest BCUT2D eigenvalue weighted by Gasteiger charge is 2.21. The van der Waals surface area contributed by atoms with Crippen molar-refractivity contribution in [1.29, 1.82) is 0 Å². The zero-order valence-electron chi connectivity index (χ0n) is 9.83. The van der Waals surface area contributed by atoms with Gasteiger partial charge in [0.15, 0.2) is 0 Å². The van der Waals surface area contributed by atoms with Crippen LogP contribution in [0.5, 0.6) is 5.75 Å². The smallest absolute Gasteiger partial charge is 0.123 e. The lowest BCUT2D eigenvalue weighted by Crippen LogP contribution is -2.22. The fourth-order valence-corrected chi connectivity index (χ4v) is 2.40. The Kier molecular flexibility index (Phi) is 3.62. The fourth-order valence-electron chi connectivity index (χ4n) is 2.40. The Morgan fingerprint density at radius 1 is 1.56 bits per heavy atom. The molecule has 0 saturated carbocycles. The zero-order chi connectivity index (χ0) is 11.4. The monoisotopic (exact) mass is 217 g/mol. The Hall–Kier alpha value is -1.28. The first-order chi connectivity index (χ1) is 7.86. The standard InChI is InChI=1S/C14H19NO/c1-3-10-16-14-9-5-6-11-12(14)7-4-8-13(11)15-2/h3,5-6,9,13,15H,1,4,7-8,10H2,2H3. The summed E-state index contributed by atoms with van der Waals surface area (Å²) in [6.45, 7) is 4.27. The summed E-state index contributed by atoms with van der Waals surface area (Å²) in [7, 11) is 2.02. The van der Waals surface area contributed by atoms with Crippen molar-refractivity contribution in [3.8, 4) is 5.75 Å². The predicted molar refractivity (Wildman–Crippen MR) is 66.9 cm³/mol. The van der Waals surface area contributed by atoms with Gasteiger partial charge in [-0.05, 0) is 43.5 Å². The number of fused-ring (bicyclic) bond motifs is 1. The molecule has 0 saturated heterocycles. The molecule has 1 N–H and O–H groups in total. The van der Waals surface area contributed by atoms with E-state index in [1.165, 1.54) is 24.0 Å². The molecule has 2 nitrogen and oxygen atoms in total. The highest BCUT2D eigenvalue weighted by atomic mass is 16.5. The maximum Gasteiger partial charge on any atom is 0.123 e. The van der Waals surface area contributed by atoms with Gasteiger partial charge in [0.2, 0.25) is 0 Å². The highest BCUT2D eigenvalue weighted by molar-refractivity contribution is 5.43. The van der Waals surface area contributed by atoms with Gasteiger partial charge in [0.05, 0.1) is 0 Å². The summed E-state index contributed by atoms with van der Waals surface area (Å²) >= 11 is 0. The summed E-state index contributed by atoms with van der Waals surface area (Å²) < 4.78 is 5.70. The van der Waals surface area contributed by atoms with Crippen LogP contribution in [-0.4, -0.2) is 13.7 Å². The first kappa shape index (κ1) is 11.2. The van der Waals surface area contributed by atoms with Crippen molar-refractivity contribution in [2.45, 2.75) is 25.3 Å². The molecule has 0 heterocycles. The van der Waals surface area contributed by atoms with Crippen molar-refractivity contribution in [3.05, 3.63) is 42.0 Å². The van der Waals surface area contributed by atoms with Gasteiger partial charge < -0.3 is 10.1 Å². The van der Waals surface area contributed by atoms with Gasteiger partial charge in [-0.15, -0.1) is 0 Å². The molecule has 16 heavy (non-hydrogen) atoms. The second-order valence-corrected chi connectivity index (χ2v) is 4.16. The minimum Gasteiger partial charge on any atom is -0.489 e. The van der Waals surface area contributed by atoms with Crippen LogP contribution in [0.3, 0.4) is 0 Å². The first-order valence-electron chi connectivity index (χ1n) is 5.89. The molecule has 0 aliphatic heterocycles. The second-order valence-electron chi connectivity index (χ2n) is 4.16. The van der Waals surface area contributed by atoms with Gasteiger partial charge in [0.1, 0.15) is 12.4 Å². The topological polar surface area (TPSA) is 21.3 Å². The van der Waals surface area contributed by atoms with E-state index in [1.807, 2.05) is 7.05 Å². The molecule has 1 unspecified atom stereocenters. The Labute approximate surface area is 97.3 Å². The van der Waals surface area contributed by atoms with E-state index in [4.69, 9.17) is 4.74 Å². The van der Waals surface area contributed by atoms with Crippen LogP contribution in [0.25, 0.3) is 0 Å². The van der Waals surface area contributed by atoms with E-state index in [2.05, 4.69) is 30.1 Å². The van der Waals surface area contributed by atoms with Crippen molar-refractivity contribution in [2.24, 2.45) is 0 Å². The average Bonchev–Trinajstić information content (AvgIpc) is 2.35. The molecule has 0 spiro atoms. The van der Waals surface area contributed by atoms with Crippen LogP contribution in [0.4, 0.5) is 0 Å². The van der Waals surface area contributed by atoms with E-state index >= 15 is 0 Å². The summed E-state index contributed by atoms with van der Waals surface area (Å²) in [4.78, 5) is 0. The normalized spacial score (nSPS) is 18.9. The van der Waals surface area contributed by atoms with Crippen LogP contribution in [0, 0.1) is 0 Å². The highest BCUT2D eigenvalue weighted by Crippen LogP contribution is 2.34. The Balaban J connectivity index is 2.30. The van der Waals surface area contributed by atoms with Gasteiger partial charge in [-0.2, -0.15) is 0 Å². The largest absolute Gasteiger partial charge is 0.489 e. The number of nitrogens with one attached hydrogen (secondary N) is 1. The SMILES string of the molecule is C=CCOc1cccc2c1CCCC2NC. The third kappa shape index (κ3) is 2.12. The first-order valence-corrected chi connectivity index (χ1v) is 5.89. The van der Waals surface area contributed by atoms with E-state index in [0.29, 0.717) is 12.6 Å². The molecule has 0 bridgehead atoms. The molecule has 2 rings (SSSR count). The molecular weight excluding hydrogens is 198 g/mol. The summed E-state index contributed by atoms with van der Waals surface area (Å²) in [5.41, 5.74) is 2.77. The second kappa shape index (κ2) is 5.17. The molecule has 1 aromatic carbocycles. The summed E-state index contributed by atoms with van der Waals surface area (Å²) in [5.74, 6) is 1.03. The maximum absolute atomic E-state index is 5.70. The van der Waals surface area contributed by atoms with Gasteiger partial charge in [-0.1, -0.05) is 24.8 Å². The summed E-state index contributed by atoms with van der Waals surface area (Å²) in [5, 5.41) is 3.37. The molecule has 0 radical (unpaired) electrons. The minimum absolute atomic E-state index is 0.482. The Morgan fingerprint density at radius 2 is 2.44 bits per heavy atom. The van der Waals surface area contributed by atoms with E-state index < -0.39 is 0 Å². The molecule has 2 heteroatoms. The molecule has 1 aromatic rings. The lowest BCUT2D eigenvalue weighted by Gasteiger charge is -2.26. The molecule has 0 fully saturated rings. The Morgan fingerprint density at radius 3 is 3.19 bits per heavy atom. The van der Waals surface area contributed by atoms with Crippen molar-refractivity contribution in [3.63, 3.8) is 0 Å². The molecule has 1 aliphatic carbocycles. The average molecular weight is 217 g/mol. The number of hydrogen-bond acceptors (Lipinski definition) is 2. The van der Waals surface area contributed by atoms with E-state index in [1.54, 1.807) is 6.08 Å². The zero-order valence-corrected chi connectivity index (χ0v) is 9.83. The molecule has 0 amide bonds. The van der Waals surface area contributed by atoms with Crippen molar-refractivity contribution >= 4 is 0 Å². The van der Waals surface area contributed by atoms with Crippen LogP contribution in [0.2, 0.25) is 0 Å². The van der Waals surface area contributed by atoms with E-state index in [0.717, 1.165) is 12.2 Å². The lowest BCUT2D eigenvalue weighted by molar-refractivity contribution is 0.353. The number of rotatable bonds is 4. The molecule has 0 aromatic heterocycles. The summed E-state index contributed by atoms with van der Waals surface area (Å²) in [6.07, 6.45) is 5.36. The quantitative estimate of drug-likeness (QED) is 0.783. The third-order valence-corrected chi connectivity index (χ3v) is 3.17. The van der Waals surface area contributed by atoms with E-state index in [9.17, 15) is 0 Å². The van der Waals surface area contributed by atoms with Gasteiger partial charge in [0.25, 0.3) is 0 Å². The van der Waals surface area contributed by atoms with Crippen LogP contribution < -0.4 is 10.1 Å². The number of hydrogen-bond donors (Lipinski definition) is 1. The molecule has 1 atom stereocenters. The fraction of sp³-hybridized carbons (Fsp3) is 0.429. The van der Waals surface area contributed by atoms with Crippen LogP contribution in [-0.2, 0) is 6.42 Å². The van der Waals surface area contributed by atoms with Crippen molar-refractivity contribution in [2.75, 3.05) is 13.7 Å². The molecule has 86 valence electrons. The van der Waals surface area contributed by atoms with Crippen LogP contribution >= 0.6 is 0 Å². The minimum atomic E-state index is 0.482. The van der Waals surface area contributed by atoms with Crippen molar-refractivity contribution < 1.29 is 4.74 Å². The predicted octanol–water partition coefficient (Wildman–Crippen LogP) is 2.85. The van der Waals surface area contributed by atoms with Crippen LogP contribution in [0.15, 0.2) is 30.9 Å². The van der Waals surface area contributed by atoms with Gasteiger partial charge >= 0.3 is 0 Å². The lowest BCUT2D eigenvalue weighted by atomic mass is 9.87. The van der Waals surface area contributed by atoms with Gasteiger partial charge in [0, 0.05) is 6.04 Å².